The number of aromatic nitrogens is 1. The third kappa shape index (κ3) is 4.32. The molecule has 3 N–H and O–H groups in total. The van der Waals surface area contributed by atoms with Crippen LogP contribution in [0.1, 0.15) is 41.4 Å². The van der Waals surface area contributed by atoms with Crippen LogP contribution in [0.4, 0.5) is 10.1 Å². The Kier molecular flexibility index (Phi) is 6.48. The molecule has 1 spiro atoms. The summed E-state index contributed by atoms with van der Waals surface area (Å²) >= 11 is 0. The zero-order chi connectivity index (χ0) is 24.7. The van der Waals surface area contributed by atoms with Crippen LogP contribution in [0, 0.1) is 12.7 Å². The van der Waals surface area contributed by atoms with Crippen LogP contribution in [0.3, 0.4) is 0 Å². The maximum Gasteiger partial charge on any atom is 0.274 e. The first-order valence-corrected chi connectivity index (χ1v) is 12.4. The molecule has 0 aliphatic carbocycles. The molecule has 2 atom stereocenters. The molecule has 34 heavy (non-hydrogen) atoms. The molecule has 1 aromatic carbocycles. The van der Waals surface area contributed by atoms with Crippen molar-refractivity contribution >= 4 is 28.2 Å². The number of hydrogen-bond donors (Lipinski definition) is 2. The van der Waals surface area contributed by atoms with Crippen LogP contribution < -0.4 is 15.8 Å². The van der Waals surface area contributed by atoms with Gasteiger partial charge in [-0.3, -0.25) is 14.0 Å². The fraction of sp³-hybridized carbons (Fsp3) is 0.458. The van der Waals surface area contributed by atoms with Gasteiger partial charge in [0.2, 0.25) is 0 Å². The lowest BCUT2D eigenvalue weighted by atomic mass is 9.90. The first kappa shape index (κ1) is 24.3. The van der Waals surface area contributed by atoms with Crippen LogP contribution in [0.15, 0.2) is 35.5 Å². The number of pyridine rings is 1. The smallest absolute Gasteiger partial charge is 0.274 e. The van der Waals surface area contributed by atoms with Gasteiger partial charge in [0, 0.05) is 22.1 Å². The Morgan fingerprint density at radius 2 is 2.00 bits per heavy atom. The summed E-state index contributed by atoms with van der Waals surface area (Å²) in [5.41, 5.74) is 6.81. The average Bonchev–Trinajstić information content (AvgIpc) is 2.79. The van der Waals surface area contributed by atoms with Crippen molar-refractivity contribution in [1.29, 1.82) is 0 Å². The van der Waals surface area contributed by atoms with Crippen LogP contribution in [-0.4, -0.2) is 63.6 Å². The summed E-state index contributed by atoms with van der Waals surface area (Å²) in [5.74, 6) is 0.106. The quantitative estimate of drug-likeness (QED) is 0.686. The van der Waals surface area contributed by atoms with Crippen molar-refractivity contribution in [1.82, 2.24) is 9.88 Å². The van der Waals surface area contributed by atoms with Gasteiger partial charge in [0.25, 0.3) is 5.91 Å². The molecule has 2 aliphatic heterocycles. The molecule has 0 radical (unpaired) electrons. The molecule has 4 rings (SSSR count). The highest BCUT2D eigenvalue weighted by Crippen LogP contribution is 2.41. The van der Waals surface area contributed by atoms with Crippen LogP contribution in [-0.2, 0) is 16.3 Å². The number of anilines is 1. The number of rotatable bonds is 4. The first-order valence-electron chi connectivity index (χ1n) is 11.1. The molecule has 1 amide bonds. The Balaban J connectivity index is 1.63. The Morgan fingerprint density at radius 3 is 2.62 bits per heavy atom. The third-order valence-corrected chi connectivity index (χ3v) is 9.10. The number of likely N-dealkylation sites (tertiary alicyclic amines) is 1. The molecular formula is C24H30FN5O3S. The van der Waals surface area contributed by atoms with E-state index in [9.17, 15) is 13.4 Å². The van der Waals surface area contributed by atoms with Gasteiger partial charge in [-0.2, -0.15) is 0 Å². The first-order chi connectivity index (χ1) is 16.1. The van der Waals surface area contributed by atoms with Crippen molar-refractivity contribution in [2.75, 3.05) is 38.3 Å². The number of amides is 1. The number of nitrogens with one attached hydrogen (secondary N) is 1. The predicted molar refractivity (Wildman–Crippen MR) is 131 cm³/mol. The molecule has 3 heterocycles. The second kappa shape index (κ2) is 9.07. The minimum atomic E-state index is -1.32. The third-order valence-electron chi connectivity index (χ3n) is 6.79. The maximum absolute atomic E-state index is 15.0. The molecule has 8 nitrogen and oxygen atoms in total. The van der Waals surface area contributed by atoms with Gasteiger partial charge in [0.1, 0.15) is 27.8 Å². The van der Waals surface area contributed by atoms with E-state index in [4.69, 9.17) is 15.5 Å². The molecule has 2 aromatic rings. The van der Waals surface area contributed by atoms with E-state index in [1.165, 1.54) is 31.5 Å². The fourth-order valence-electron chi connectivity index (χ4n) is 4.62. The number of aliphatic imine (C=N–C) groups is 1. The Hall–Kier alpha value is -2.85. The van der Waals surface area contributed by atoms with E-state index >= 15 is 0 Å². The number of aryl methyl sites for hydroxylation is 1. The van der Waals surface area contributed by atoms with Crippen molar-refractivity contribution in [3.05, 3.63) is 53.1 Å². The lowest BCUT2D eigenvalue weighted by Crippen LogP contribution is -2.59. The van der Waals surface area contributed by atoms with Gasteiger partial charge in [-0.05, 0) is 76.7 Å². The van der Waals surface area contributed by atoms with Gasteiger partial charge in [0.15, 0.2) is 0 Å². The average molecular weight is 488 g/mol. The Bertz CT molecular complexity index is 1180. The highest BCUT2D eigenvalue weighted by Gasteiger charge is 2.50. The van der Waals surface area contributed by atoms with Gasteiger partial charge in [-0.1, -0.05) is 0 Å². The molecular weight excluding hydrogens is 457 g/mol. The molecule has 10 heteroatoms. The van der Waals surface area contributed by atoms with E-state index in [-0.39, 0.29) is 17.0 Å². The summed E-state index contributed by atoms with van der Waals surface area (Å²) in [4.78, 5) is 23.9. The summed E-state index contributed by atoms with van der Waals surface area (Å²) in [6.45, 7) is 5.06. The van der Waals surface area contributed by atoms with Crippen molar-refractivity contribution in [3.63, 3.8) is 0 Å². The monoisotopic (exact) mass is 487 g/mol. The van der Waals surface area contributed by atoms with Crippen molar-refractivity contribution < 1.29 is 18.1 Å². The van der Waals surface area contributed by atoms with E-state index in [2.05, 4.69) is 15.2 Å². The van der Waals surface area contributed by atoms with E-state index < -0.39 is 32.8 Å². The number of carbonyl (C=O) groups excluding carboxylic acids is 1. The molecule has 0 saturated carbocycles. The SMILES string of the molecule is COc1cnc(C(=O)Nc2ccc(F)c([C@]3(C)CS(=O)C4(CCN(C)CC4)C(N)=N3)c2)c(C)c1. The predicted octanol–water partition coefficient (Wildman–Crippen LogP) is 2.59. The molecule has 1 aromatic heterocycles. The molecule has 1 fully saturated rings. The molecule has 1 unspecified atom stereocenters. The van der Waals surface area contributed by atoms with Crippen LogP contribution in [0.2, 0.25) is 0 Å². The lowest BCUT2D eigenvalue weighted by molar-refractivity contribution is 0.102. The number of nitrogens with zero attached hydrogens (tertiary/aromatic N) is 3. The van der Waals surface area contributed by atoms with Crippen molar-refractivity contribution in [3.8, 4) is 5.75 Å². The summed E-state index contributed by atoms with van der Waals surface area (Å²) in [7, 11) is 2.23. The highest BCUT2D eigenvalue weighted by molar-refractivity contribution is 7.87. The largest absolute Gasteiger partial charge is 0.495 e. The lowest BCUT2D eigenvalue weighted by Gasteiger charge is -2.45. The molecule has 2 aliphatic rings. The number of amidine groups is 1. The summed E-state index contributed by atoms with van der Waals surface area (Å²) in [6, 6.07) is 6.00. The van der Waals surface area contributed by atoms with Crippen LogP contribution in [0.25, 0.3) is 0 Å². The van der Waals surface area contributed by atoms with Crippen molar-refractivity contribution in [2.45, 2.75) is 37.0 Å². The number of piperidine rings is 1. The Morgan fingerprint density at radius 1 is 1.29 bits per heavy atom. The fourth-order valence-corrected chi connectivity index (χ4v) is 6.54. The molecule has 182 valence electrons. The van der Waals surface area contributed by atoms with Crippen molar-refractivity contribution in [2.24, 2.45) is 10.7 Å². The topological polar surface area (TPSA) is 110 Å². The minimum absolute atomic E-state index is 0.158. The number of hydrogen-bond acceptors (Lipinski definition) is 7. The van der Waals surface area contributed by atoms with E-state index in [1.54, 1.807) is 19.9 Å². The van der Waals surface area contributed by atoms with Gasteiger partial charge in [-0.25, -0.2) is 9.37 Å². The number of carbonyl (C=O) groups is 1. The van der Waals surface area contributed by atoms with Gasteiger partial charge < -0.3 is 20.7 Å². The van der Waals surface area contributed by atoms with Gasteiger partial charge in [-0.15, -0.1) is 0 Å². The van der Waals surface area contributed by atoms with E-state index in [0.29, 0.717) is 35.7 Å². The summed E-state index contributed by atoms with van der Waals surface area (Å²) in [6.07, 6.45) is 2.79. The normalized spacial score (nSPS) is 24.5. The number of ether oxygens (including phenoxy) is 1. The van der Waals surface area contributed by atoms with Crippen LogP contribution in [0.5, 0.6) is 5.75 Å². The van der Waals surface area contributed by atoms with Gasteiger partial charge in [0.05, 0.1) is 24.6 Å². The second-order valence-corrected chi connectivity index (χ2v) is 11.0. The zero-order valence-electron chi connectivity index (χ0n) is 19.9. The number of methoxy groups -OCH3 is 1. The molecule has 1 saturated heterocycles. The standard InChI is InChI=1S/C24H30FN5O3S/c1-15-11-17(33-4)13-27-20(15)21(31)28-16-5-6-19(25)18(12-16)23(2)14-34(32)24(22(26)29-23)7-9-30(3)10-8-24/h5-6,11-13H,7-10,14H2,1-4H3,(H2,26,29)(H,28,31)/t23-,34?/m0/s1. The Labute approximate surface area is 201 Å². The summed E-state index contributed by atoms with van der Waals surface area (Å²) in [5, 5.41) is 2.77. The van der Waals surface area contributed by atoms with Crippen LogP contribution >= 0.6 is 0 Å². The number of nitrogens with two attached hydrogens (primary N) is 1. The summed E-state index contributed by atoms with van der Waals surface area (Å²) < 4.78 is 32.9. The molecule has 0 bridgehead atoms. The maximum atomic E-state index is 15.0. The minimum Gasteiger partial charge on any atom is -0.495 e. The number of halogens is 1. The van der Waals surface area contributed by atoms with Gasteiger partial charge >= 0.3 is 0 Å². The zero-order valence-corrected chi connectivity index (χ0v) is 20.7. The van der Waals surface area contributed by atoms with E-state index in [0.717, 1.165) is 13.1 Å². The second-order valence-electron chi connectivity index (χ2n) is 9.25. The highest BCUT2D eigenvalue weighted by atomic mass is 32.2. The van der Waals surface area contributed by atoms with E-state index in [1.807, 2.05) is 7.05 Å². The number of benzene rings is 1.